The lowest BCUT2D eigenvalue weighted by molar-refractivity contribution is -0.139. The summed E-state index contributed by atoms with van der Waals surface area (Å²) in [6.45, 7) is 2.76. The first-order valence-corrected chi connectivity index (χ1v) is 9.31. The van der Waals surface area contributed by atoms with Crippen molar-refractivity contribution in [1.82, 2.24) is 16.0 Å². The Morgan fingerprint density at radius 3 is 2.00 bits per heavy atom. The number of carbonyl (C=O) groups excluding carboxylic acids is 5. The van der Waals surface area contributed by atoms with Crippen LogP contribution in [0.25, 0.3) is 0 Å². The van der Waals surface area contributed by atoms with Gasteiger partial charge in [-0.25, -0.2) is 0 Å². The molecule has 0 radical (unpaired) electrons. The topological polar surface area (TPSA) is 237 Å². The van der Waals surface area contributed by atoms with Crippen LogP contribution in [-0.2, 0) is 28.8 Å². The van der Waals surface area contributed by atoms with Gasteiger partial charge in [-0.3, -0.25) is 28.8 Å². The van der Waals surface area contributed by atoms with Gasteiger partial charge in [-0.05, 0) is 12.3 Å². The molecule has 30 heavy (non-hydrogen) atoms. The molecule has 0 saturated heterocycles. The summed E-state index contributed by atoms with van der Waals surface area (Å²) >= 11 is 0. The van der Waals surface area contributed by atoms with E-state index >= 15 is 0 Å². The van der Waals surface area contributed by atoms with Crippen LogP contribution in [0.3, 0.4) is 0 Å². The molecule has 0 spiro atoms. The van der Waals surface area contributed by atoms with Gasteiger partial charge in [-0.15, -0.1) is 0 Å². The van der Waals surface area contributed by atoms with Gasteiger partial charge in [0.05, 0.1) is 12.5 Å². The summed E-state index contributed by atoms with van der Waals surface area (Å²) in [5.41, 5.74) is 15.7. The Morgan fingerprint density at radius 2 is 1.53 bits per heavy atom. The van der Waals surface area contributed by atoms with Crippen LogP contribution in [0.5, 0.6) is 0 Å². The van der Waals surface area contributed by atoms with Gasteiger partial charge in [-0.2, -0.15) is 0 Å². The van der Waals surface area contributed by atoms with Crippen molar-refractivity contribution in [1.29, 1.82) is 0 Å². The minimum Gasteiger partial charge on any atom is -0.480 e. The van der Waals surface area contributed by atoms with E-state index in [-0.39, 0.29) is 18.8 Å². The molecule has 0 saturated carbocycles. The largest absolute Gasteiger partial charge is 0.480 e. The zero-order chi connectivity index (χ0) is 23.4. The number of rotatable bonds is 14. The second-order valence-corrected chi connectivity index (χ2v) is 6.83. The first-order valence-electron chi connectivity index (χ1n) is 9.31. The molecule has 0 rings (SSSR count). The number of nitrogens with one attached hydrogen (secondary N) is 3. The average molecular weight is 430 g/mol. The van der Waals surface area contributed by atoms with Crippen LogP contribution in [0, 0.1) is 5.92 Å². The highest BCUT2D eigenvalue weighted by Gasteiger charge is 2.31. The molecule has 13 nitrogen and oxygen atoms in total. The maximum atomic E-state index is 12.8. The number of amides is 5. The number of hydrogen-bond donors (Lipinski definition) is 7. The molecule has 0 aromatic carbocycles. The van der Waals surface area contributed by atoms with Crippen molar-refractivity contribution in [2.24, 2.45) is 23.1 Å². The number of carboxylic acid groups (broad SMARTS) is 1. The zero-order valence-electron chi connectivity index (χ0n) is 17.0. The van der Waals surface area contributed by atoms with Gasteiger partial charge >= 0.3 is 5.97 Å². The molecule has 13 heteroatoms. The van der Waals surface area contributed by atoms with Gasteiger partial charge in [0.1, 0.15) is 18.6 Å². The van der Waals surface area contributed by atoms with Crippen molar-refractivity contribution in [2.45, 2.75) is 57.7 Å². The van der Waals surface area contributed by atoms with Crippen LogP contribution in [0.2, 0.25) is 0 Å². The molecular formula is C17H30N6O7. The number of nitrogens with two attached hydrogens (primary N) is 3. The van der Waals surface area contributed by atoms with Gasteiger partial charge in [-0.1, -0.05) is 20.3 Å². The molecule has 10 N–H and O–H groups in total. The summed E-state index contributed by atoms with van der Waals surface area (Å²) in [6, 6.07) is -3.62. The van der Waals surface area contributed by atoms with Crippen molar-refractivity contribution in [3.63, 3.8) is 0 Å². The van der Waals surface area contributed by atoms with E-state index in [2.05, 4.69) is 16.0 Å². The maximum Gasteiger partial charge on any atom is 0.322 e. The third-order valence-corrected chi connectivity index (χ3v) is 4.28. The average Bonchev–Trinajstić information content (AvgIpc) is 2.65. The minimum atomic E-state index is -1.29. The quantitative estimate of drug-likeness (QED) is 0.147. The SMILES string of the molecule is CCC(C)C(NC(=O)C(N)CC(N)=O)C(=O)NC(CCC(N)=O)C(=O)NCC(=O)O. The van der Waals surface area contributed by atoms with E-state index in [9.17, 15) is 28.8 Å². The van der Waals surface area contributed by atoms with Gasteiger partial charge in [0.15, 0.2) is 0 Å². The standard InChI is InChI=1S/C17H30N6O7/c1-3-8(2)14(23-15(28)9(18)6-12(20)25)17(30)22-10(4-5-11(19)24)16(29)21-7-13(26)27/h8-10,14H,3-7,18H2,1-2H3,(H2,19,24)(H2,20,25)(H,21,29)(H,22,30)(H,23,28)(H,26,27). The normalized spacial score (nSPS) is 14.5. The highest BCUT2D eigenvalue weighted by molar-refractivity contribution is 5.95. The van der Waals surface area contributed by atoms with Crippen LogP contribution < -0.4 is 33.2 Å². The predicted molar refractivity (Wildman–Crippen MR) is 104 cm³/mol. The number of aliphatic carboxylic acids is 1. The van der Waals surface area contributed by atoms with Crippen molar-refractivity contribution < 1.29 is 33.9 Å². The van der Waals surface area contributed by atoms with Crippen molar-refractivity contribution >= 4 is 35.5 Å². The Morgan fingerprint density at radius 1 is 0.933 bits per heavy atom. The summed E-state index contributed by atoms with van der Waals surface area (Å²) in [5.74, 6) is -5.53. The molecule has 170 valence electrons. The van der Waals surface area contributed by atoms with Crippen molar-refractivity contribution in [2.75, 3.05) is 6.54 Å². The predicted octanol–water partition coefficient (Wildman–Crippen LogP) is -3.33. The smallest absolute Gasteiger partial charge is 0.322 e. The molecule has 0 fully saturated rings. The second kappa shape index (κ2) is 13.1. The summed E-state index contributed by atoms with van der Waals surface area (Å²) < 4.78 is 0. The lowest BCUT2D eigenvalue weighted by atomic mass is 9.97. The van der Waals surface area contributed by atoms with Crippen LogP contribution in [0.4, 0.5) is 0 Å². The molecule has 0 aliphatic rings. The van der Waals surface area contributed by atoms with E-state index in [1.165, 1.54) is 0 Å². The van der Waals surface area contributed by atoms with Gasteiger partial charge in [0.2, 0.25) is 29.5 Å². The number of carboxylic acids is 1. The summed E-state index contributed by atoms with van der Waals surface area (Å²) in [4.78, 5) is 69.8. The van der Waals surface area contributed by atoms with Crippen molar-refractivity contribution in [3.05, 3.63) is 0 Å². The van der Waals surface area contributed by atoms with Crippen LogP contribution >= 0.6 is 0 Å². The van der Waals surface area contributed by atoms with Gasteiger partial charge < -0.3 is 38.3 Å². The first kappa shape index (κ1) is 26.8. The summed E-state index contributed by atoms with van der Waals surface area (Å²) in [7, 11) is 0. The fourth-order valence-electron chi connectivity index (χ4n) is 2.37. The third kappa shape index (κ3) is 10.4. The van der Waals surface area contributed by atoms with Crippen LogP contribution in [0.1, 0.15) is 39.5 Å². The van der Waals surface area contributed by atoms with Gasteiger partial charge in [0, 0.05) is 6.42 Å². The summed E-state index contributed by atoms with van der Waals surface area (Å²) in [5, 5.41) is 15.6. The van der Waals surface area contributed by atoms with E-state index in [0.717, 1.165) is 0 Å². The third-order valence-electron chi connectivity index (χ3n) is 4.28. The Balaban J connectivity index is 5.36. The Hall–Kier alpha value is -3.22. The number of carbonyl (C=O) groups is 6. The number of hydrogen-bond acceptors (Lipinski definition) is 7. The Bertz CT molecular complexity index is 669. The summed E-state index contributed by atoms with van der Waals surface area (Å²) in [6.07, 6.45) is -0.357. The van der Waals surface area contributed by atoms with E-state index in [1.807, 2.05) is 0 Å². The zero-order valence-corrected chi connectivity index (χ0v) is 17.0. The Labute approximate surface area is 173 Å². The highest BCUT2D eigenvalue weighted by Crippen LogP contribution is 2.10. The number of primary amides is 2. The van der Waals surface area contributed by atoms with Crippen LogP contribution in [0.15, 0.2) is 0 Å². The molecule has 0 aliphatic carbocycles. The monoisotopic (exact) mass is 430 g/mol. The molecule has 0 aromatic heterocycles. The molecule has 5 amide bonds. The van der Waals surface area contributed by atoms with E-state index < -0.39 is 66.6 Å². The molecule has 0 heterocycles. The van der Waals surface area contributed by atoms with E-state index in [0.29, 0.717) is 6.42 Å². The lowest BCUT2D eigenvalue weighted by Crippen LogP contribution is -2.58. The van der Waals surface area contributed by atoms with Crippen LogP contribution in [-0.4, -0.2) is 65.3 Å². The van der Waals surface area contributed by atoms with E-state index in [1.54, 1.807) is 13.8 Å². The highest BCUT2D eigenvalue weighted by atomic mass is 16.4. The molecule has 4 atom stereocenters. The second-order valence-electron chi connectivity index (χ2n) is 6.83. The molecule has 4 unspecified atom stereocenters. The molecule has 0 aromatic rings. The molecule has 0 bridgehead atoms. The lowest BCUT2D eigenvalue weighted by Gasteiger charge is -2.27. The van der Waals surface area contributed by atoms with Gasteiger partial charge in [0.25, 0.3) is 0 Å². The molecule has 0 aliphatic heterocycles. The fourth-order valence-corrected chi connectivity index (χ4v) is 2.37. The maximum absolute atomic E-state index is 12.8. The van der Waals surface area contributed by atoms with E-state index in [4.69, 9.17) is 22.3 Å². The molecular weight excluding hydrogens is 400 g/mol. The minimum absolute atomic E-state index is 0.172. The fraction of sp³-hybridized carbons (Fsp3) is 0.647. The first-order chi connectivity index (χ1) is 13.9. The van der Waals surface area contributed by atoms with Crippen molar-refractivity contribution in [3.8, 4) is 0 Å². The Kier molecular flexibility index (Phi) is 11.7.